The molecule has 0 bridgehead atoms. The highest BCUT2D eigenvalue weighted by atomic mass is 19.1. The topological polar surface area (TPSA) is 60.5 Å². The van der Waals surface area contributed by atoms with Crippen LogP contribution in [0.2, 0.25) is 0 Å². The Kier molecular flexibility index (Phi) is 6.22. The summed E-state index contributed by atoms with van der Waals surface area (Å²) < 4.78 is 24.3. The maximum atomic E-state index is 13.0. The van der Waals surface area contributed by atoms with E-state index in [-0.39, 0.29) is 17.8 Å². The number of benzene rings is 2. The maximum absolute atomic E-state index is 13.0. The van der Waals surface area contributed by atoms with Crippen molar-refractivity contribution in [3.8, 4) is 17.4 Å². The van der Waals surface area contributed by atoms with Crippen LogP contribution in [0.5, 0.6) is 17.4 Å². The normalized spacial score (nSPS) is 10.6. The van der Waals surface area contributed by atoms with Crippen molar-refractivity contribution in [1.82, 2.24) is 10.3 Å². The van der Waals surface area contributed by atoms with Crippen LogP contribution in [-0.4, -0.2) is 17.0 Å². The number of ether oxygens (including phenoxy) is 2. The number of carbonyl (C=O) groups is 1. The van der Waals surface area contributed by atoms with Crippen molar-refractivity contribution in [2.24, 2.45) is 0 Å². The van der Waals surface area contributed by atoms with Gasteiger partial charge < -0.3 is 14.8 Å². The molecule has 0 atom stereocenters. The minimum atomic E-state index is -0.335. The number of hydrogen-bond donors (Lipinski definition) is 1. The number of nitrogens with zero attached hydrogens (tertiary/aromatic N) is 1. The smallest absolute Gasteiger partial charge is 0.255 e. The summed E-state index contributed by atoms with van der Waals surface area (Å²) in [5, 5.41) is 2.88. The zero-order valence-corrected chi connectivity index (χ0v) is 15.7. The van der Waals surface area contributed by atoms with Gasteiger partial charge >= 0.3 is 0 Å². The fourth-order valence-electron chi connectivity index (χ4n) is 2.53. The van der Waals surface area contributed by atoms with Crippen LogP contribution in [0.4, 0.5) is 4.39 Å². The zero-order chi connectivity index (χ0) is 19.9. The molecule has 2 aromatic carbocycles. The lowest BCUT2D eigenvalue weighted by molar-refractivity contribution is 0.0945. The first-order valence-corrected chi connectivity index (χ1v) is 8.93. The summed E-state index contributed by atoms with van der Waals surface area (Å²) in [7, 11) is 0. The predicted octanol–water partition coefficient (Wildman–Crippen LogP) is 4.73. The second kappa shape index (κ2) is 8.99. The van der Waals surface area contributed by atoms with Gasteiger partial charge in [-0.15, -0.1) is 0 Å². The van der Waals surface area contributed by atoms with Crippen LogP contribution in [0.1, 0.15) is 29.8 Å². The van der Waals surface area contributed by atoms with Crippen molar-refractivity contribution in [3.63, 3.8) is 0 Å². The average molecular weight is 380 g/mol. The quantitative estimate of drug-likeness (QED) is 0.644. The Morgan fingerprint density at radius 3 is 2.61 bits per heavy atom. The number of halogens is 1. The Bertz CT molecular complexity index is 943. The van der Waals surface area contributed by atoms with E-state index in [2.05, 4.69) is 10.3 Å². The van der Waals surface area contributed by atoms with E-state index in [0.29, 0.717) is 29.5 Å². The van der Waals surface area contributed by atoms with Gasteiger partial charge in [-0.3, -0.25) is 4.79 Å². The Hall–Kier alpha value is -3.41. The first-order chi connectivity index (χ1) is 13.5. The van der Waals surface area contributed by atoms with Crippen molar-refractivity contribution in [2.75, 3.05) is 0 Å². The minimum Gasteiger partial charge on any atom is -0.490 e. The molecule has 144 valence electrons. The van der Waals surface area contributed by atoms with Crippen molar-refractivity contribution in [3.05, 3.63) is 83.8 Å². The van der Waals surface area contributed by atoms with E-state index in [9.17, 15) is 9.18 Å². The number of rotatable bonds is 7. The molecule has 1 N–H and O–H groups in total. The SMILES string of the molecule is CC(C)Oc1ccccc1C(=O)NCc1ccnc(Oc2ccc(F)cc2)c1. The largest absolute Gasteiger partial charge is 0.490 e. The van der Waals surface area contributed by atoms with Crippen LogP contribution in [0.3, 0.4) is 0 Å². The van der Waals surface area contributed by atoms with Gasteiger partial charge in [0.25, 0.3) is 5.91 Å². The zero-order valence-electron chi connectivity index (χ0n) is 15.7. The van der Waals surface area contributed by atoms with Gasteiger partial charge in [0.15, 0.2) is 0 Å². The molecule has 1 aromatic heterocycles. The fraction of sp³-hybridized carbons (Fsp3) is 0.182. The molecule has 0 aliphatic rings. The third-order valence-electron chi connectivity index (χ3n) is 3.78. The predicted molar refractivity (Wildman–Crippen MR) is 104 cm³/mol. The van der Waals surface area contributed by atoms with Crippen molar-refractivity contribution in [2.45, 2.75) is 26.5 Å². The molecule has 0 fully saturated rings. The molecule has 5 nitrogen and oxygen atoms in total. The lowest BCUT2D eigenvalue weighted by atomic mass is 10.1. The number of hydrogen-bond acceptors (Lipinski definition) is 4. The van der Waals surface area contributed by atoms with E-state index in [0.717, 1.165) is 5.56 Å². The van der Waals surface area contributed by atoms with Crippen LogP contribution < -0.4 is 14.8 Å². The van der Waals surface area contributed by atoms with Crippen LogP contribution in [0, 0.1) is 5.82 Å². The first-order valence-electron chi connectivity index (χ1n) is 8.93. The van der Waals surface area contributed by atoms with Crippen LogP contribution >= 0.6 is 0 Å². The molecule has 1 heterocycles. The molecule has 28 heavy (non-hydrogen) atoms. The molecule has 0 aliphatic carbocycles. The molecule has 0 spiro atoms. The van der Waals surface area contributed by atoms with E-state index < -0.39 is 0 Å². The number of nitrogens with one attached hydrogen (secondary N) is 1. The van der Waals surface area contributed by atoms with Gasteiger partial charge in [-0.25, -0.2) is 9.37 Å². The Morgan fingerprint density at radius 1 is 1.11 bits per heavy atom. The molecule has 0 unspecified atom stereocenters. The number of para-hydroxylation sites is 1. The van der Waals surface area contributed by atoms with Crippen molar-refractivity contribution in [1.29, 1.82) is 0 Å². The standard InChI is InChI=1S/C22H21FN2O3/c1-15(2)27-20-6-4-3-5-19(20)22(26)25-14-16-11-12-24-21(13-16)28-18-9-7-17(23)8-10-18/h3-13,15H,14H2,1-2H3,(H,25,26). The van der Waals surface area contributed by atoms with E-state index in [4.69, 9.17) is 9.47 Å². The minimum absolute atomic E-state index is 0.0275. The van der Waals surface area contributed by atoms with Crippen molar-refractivity contribution >= 4 is 5.91 Å². The summed E-state index contributed by atoms with van der Waals surface area (Å²) in [6.45, 7) is 4.12. The highest BCUT2D eigenvalue weighted by molar-refractivity contribution is 5.96. The molecule has 0 saturated carbocycles. The summed E-state index contributed by atoms with van der Waals surface area (Å²) in [6.07, 6.45) is 1.57. The van der Waals surface area contributed by atoms with Crippen LogP contribution in [0.15, 0.2) is 66.9 Å². The number of pyridine rings is 1. The Balaban J connectivity index is 1.65. The van der Waals surface area contributed by atoms with Gasteiger partial charge in [-0.05, 0) is 61.9 Å². The molecule has 3 rings (SSSR count). The summed E-state index contributed by atoms with van der Waals surface area (Å²) in [5.41, 5.74) is 1.30. The fourth-order valence-corrected chi connectivity index (χ4v) is 2.53. The molecule has 6 heteroatoms. The van der Waals surface area contributed by atoms with Gasteiger partial charge in [-0.1, -0.05) is 12.1 Å². The van der Waals surface area contributed by atoms with Gasteiger partial charge in [0, 0.05) is 18.8 Å². The monoisotopic (exact) mass is 380 g/mol. The third kappa shape index (κ3) is 5.30. The molecular formula is C22H21FN2O3. The molecule has 0 radical (unpaired) electrons. The lowest BCUT2D eigenvalue weighted by Gasteiger charge is -2.14. The molecule has 0 aliphatic heterocycles. The second-order valence-electron chi connectivity index (χ2n) is 6.40. The molecular weight excluding hydrogens is 359 g/mol. The van der Waals surface area contributed by atoms with E-state index in [1.807, 2.05) is 19.9 Å². The molecule has 3 aromatic rings. The lowest BCUT2D eigenvalue weighted by Crippen LogP contribution is -2.24. The van der Waals surface area contributed by atoms with Crippen LogP contribution in [-0.2, 0) is 6.54 Å². The summed E-state index contributed by atoms with van der Waals surface area (Å²) in [5.74, 6) is 0.828. The second-order valence-corrected chi connectivity index (χ2v) is 6.40. The van der Waals surface area contributed by atoms with Gasteiger partial charge in [0.05, 0.1) is 11.7 Å². The third-order valence-corrected chi connectivity index (χ3v) is 3.78. The highest BCUT2D eigenvalue weighted by Gasteiger charge is 2.13. The first kappa shape index (κ1) is 19.4. The average Bonchev–Trinajstić information content (AvgIpc) is 2.68. The van der Waals surface area contributed by atoms with Gasteiger partial charge in [-0.2, -0.15) is 0 Å². The van der Waals surface area contributed by atoms with Gasteiger partial charge in [0.2, 0.25) is 5.88 Å². The van der Waals surface area contributed by atoms with E-state index in [1.54, 1.807) is 36.5 Å². The van der Waals surface area contributed by atoms with Gasteiger partial charge in [0.1, 0.15) is 17.3 Å². The van der Waals surface area contributed by atoms with E-state index in [1.165, 1.54) is 24.3 Å². The van der Waals surface area contributed by atoms with Crippen LogP contribution in [0.25, 0.3) is 0 Å². The molecule has 0 saturated heterocycles. The highest BCUT2D eigenvalue weighted by Crippen LogP contribution is 2.21. The molecule has 1 amide bonds. The Labute approximate surface area is 163 Å². The van der Waals surface area contributed by atoms with Crippen molar-refractivity contribution < 1.29 is 18.7 Å². The number of amides is 1. The van der Waals surface area contributed by atoms with E-state index >= 15 is 0 Å². The maximum Gasteiger partial charge on any atom is 0.255 e. The Morgan fingerprint density at radius 2 is 1.86 bits per heavy atom. The summed E-state index contributed by atoms with van der Waals surface area (Å²) >= 11 is 0. The number of carbonyl (C=O) groups excluding carboxylic acids is 1. The summed E-state index contributed by atoms with van der Waals surface area (Å²) in [6, 6.07) is 16.3. The number of aromatic nitrogens is 1. The summed E-state index contributed by atoms with van der Waals surface area (Å²) in [4.78, 5) is 16.7.